The van der Waals surface area contributed by atoms with Gasteiger partial charge < -0.3 is 4.90 Å². The lowest BCUT2D eigenvalue weighted by Gasteiger charge is -2.29. The van der Waals surface area contributed by atoms with Crippen LogP contribution >= 0.6 is 11.8 Å². The maximum atomic E-state index is 12.2. The molecular formula is C12H24N2OS. The molecule has 1 amide bonds. The van der Waals surface area contributed by atoms with Gasteiger partial charge in [0, 0.05) is 24.2 Å². The van der Waals surface area contributed by atoms with Crippen molar-refractivity contribution < 1.29 is 4.79 Å². The van der Waals surface area contributed by atoms with Gasteiger partial charge in [0.15, 0.2) is 0 Å². The van der Waals surface area contributed by atoms with E-state index in [2.05, 4.69) is 26.1 Å². The normalized spacial score (nSPS) is 20.4. The highest BCUT2D eigenvalue weighted by atomic mass is 32.2. The Morgan fingerprint density at radius 1 is 1.50 bits per heavy atom. The first-order chi connectivity index (χ1) is 7.66. The summed E-state index contributed by atoms with van der Waals surface area (Å²) in [5.74, 6) is 2.13. The van der Waals surface area contributed by atoms with Gasteiger partial charge in [-0.05, 0) is 20.3 Å². The summed E-state index contributed by atoms with van der Waals surface area (Å²) >= 11 is 1.81. The summed E-state index contributed by atoms with van der Waals surface area (Å²) in [4.78, 5) is 14.3. The molecule has 0 aromatic rings. The van der Waals surface area contributed by atoms with Crippen LogP contribution in [0.15, 0.2) is 0 Å². The lowest BCUT2D eigenvalue weighted by molar-refractivity contribution is -0.134. The molecule has 0 saturated carbocycles. The van der Waals surface area contributed by atoms with Crippen LogP contribution in [0.25, 0.3) is 0 Å². The van der Waals surface area contributed by atoms with Crippen LogP contribution in [0.3, 0.4) is 0 Å². The first-order valence-corrected chi connectivity index (χ1v) is 7.44. The quantitative estimate of drug-likeness (QED) is 0.726. The van der Waals surface area contributed by atoms with E-state index in [1.54, 1.807) is 0 Å². The molecule has 1 fully saturated rings. The highest BCUT2D eigenvalue weighted by molar-refractivity contribution is 7.99. The summed E-state index contributed by atoms with van der Waals surface area (Å²) in [5.41, 5.74) is 0. The van der Waals surface area contributed by atoms with Crippen LogP contribution in [0.2, 0.25) is 0 Å². The Morgan fingerprint density at radius 2 is 2.25 bits per heavy atom. The highest BCUT2D eigenvalue weighted by Gasteiger charge is 2.28. The van der Waals surface area contributed by atoms with Gasteiger partial charge in [0.2, 0.25) is 5.91 Å². The molecule has 0 aromatic carbocycles. The second-order valence-electron chi connectivity index (χ2n) is 4.60. The maximum absolute atomic E-state index is 12.2. The van der Waals surface area contributed by atoms with Crippen LogP contribution < -0.4 is 5.32 Å². The monoisotopic (exact) mass is 244 g/mol. The van der Waals surface area contributed by atoms with E-state index in [4.69, 9.17) is 0 Å². The van der Waals surface area contributed by atoms with Crippen molar-refractivity contribution in [3.05, 3.63) is 0 Å². The van der Waals surface area contributed by atoms with Gasteiger partial charge in [-0.2, -0.15) is 0 Å². The predicted molar refractivity (Wildman–Crippen MR) is 70.6 cm³/mol. The molecule has 3 nitrogen and oxygen atoms in total. The summed E-state index contributed by atoms with van der Waals surface area (Å²) in [6, 6.07) is 0.366. The van der Waals surface area contributed by atoms with Crippen molar-refractivity contribution in [2.75, 3.05) is 18.2 Å². The number of nitrogens with one attached hydrogen (secondary N) is 1. The zero-order valence-corrected chi connectivity index (χ0v) is 11.5. The van der Waals surface area contributed by atoms with Crippen molar-refractivity contribution in [1.82, 2.24) is 10.2 Å². The van der Waals surface area contributed by atoms with E-state index >= 15 is 0 Å². The lowest BCUT2D eigenvalue weighted by Crippen LogP contribution is -2.48. The molecular weight excluding hydrogens is 220 g/mol. The molecule has 94 valence electrons. The average molecular weight is 244 g/mol. The molecule has 1 heterocycles. The minimum absolute atomic E-state index is 0.0500. The number of nitrogens with zero attached hydrogens (tertiary/aromatic N) is 1. The van der Waals surface area contributed by atoms with Crippen molar-refractivity contribution >= 4 is 17.7 Å². The van der Waals surface area contributed by atoms with Gasteiger partial charge in [-0.1, -0.05) is 19.8 Å². The Labute approximate surface area is 103 Å². The van der Waals surface area contributed by atoms with Crippen LogP contribution in [0, 0.1) is 0 Å². The van der Waals surface area contributed by atoms with Crippen molar-refractivity contribution in [2.45, 2.75) is 52.1 Å². The first-order valence-electron chi connectivity index (χ1n) is 6.28. The highest BCUT2D eigenvalue weighted by Crippen LogP contribution is 2.14. The second-order valence-corrected chi connectivity index (χ2v) is 5.63. The molecule has 1 rings (SSSR count). The van der Waals surface area contributed by atoms with Crippen molar-refractivity contribution in [3.63, 3.8) is 0 Å². The van der Waals surface area contributed by atoms with Gasteiger partial charge >= 0.3 is 0 Å². The number of thioether (sulfide) groups is 1. The Morgan fingerprint density at radius 3 is 2.75 bits per heavy atom. The summed E-state index contributed by atoms with van der Waals surface area (Å²) in [7, 11) is 0. The fourth-order valence-corrected chi connectivity index (χ4v) is 2.84. The van der Waals surface area contributed by atoms with E-state index in [-0.39, 0.29) is 11.9 Å². The van der Waals surface area contributed by atoms with Gasteiger partial charge in [0.25, 0.3) is 0 Å². The van der Waals surface area contributed by atoms with Gasteiger partial charge in [-0.25, -0.2) is 0 Å². The van der Waals surface area contributed by atoms with Crippen LogP contribution in [0.5, 0.6) is 0 Å². The molecule has 1 saturated heterocycles. The first kappa shape index (κ1) is 13.8. The van der Waals surface area contributed by atoms with E-state index in [0.29, 0.717) is 6.04 Å². The molecule has 0 aliphatic carbocycles. The summed E-state index contributed by atoms with van der Waals surface area (Å²) in [6.45, 7) is 7.31. The number of rotatable bonds is 6. The predicted octanol–water partition coefficient (Wildman–Crippen LogP) is 2.08. The third kappa shape index (κ3) is 3.98. The zero-order valence-electron chi connectivity index (χ0n) is 10.7. The standard InChI is InChI=1S/C12H24N2OS/c1-4-5-6-7-14(10(2)3)12(15)11-8-16-9-13-11/h10-11,13H,4-9H2,1-3H3. The Bertz CT molecular complexity index is 215. The van der Waals surface area contributed by atoms with Crippen molar-refractivity contribution in [1.29, 1.82) is 0 Å². The molecule has 4 heteroatoms. The fraction of sp³-hybridized carbons (Fsp3) is 0.917. The number of amides is 1. The van der Waals surface area contributed by atoms with Crippen molar-refractivity contribution in [3.8, 4) is 0 Å². The molecule has 16 heavy (non-hydrogen) atoms. The third-order valence-electron chi connectivity index (χ3n) is 2.92. The number of carbonyl (C=O) groups is 1. The molecule has 1 atom stereocenters. The lowest BCUT2D eigenvalue weighted by atomic mass is 10.2. The van der Waals surface area contributed by atoms with E-state index in [1.807, 2.05) is 16.7 Å². The molecule has 1 N–H and O–H groups in total. The topological polar surface area (TPSA) is 32.3 Å². The van der Waals surface area contributed by atoms with Crippen LogP contribution in [0.4, 0.5) is 0 Å². The average Bonchev–Trinajstić information content (AvgIpc) is 2.76. The summed E-state index contributed by atoms with van der Waals surface area (Å²) in [6.07, 6.45) is 3.54. The maximum Gasteiger partial charge on any atom is 0.240 e. The molecule has 0 aromatic heterocycles. The van der Waals surface area contributed by atoms with E-state index < -0.39 is 0 Å². The van der Waals surface area contributed by atoms with Gasteiger partial charge in [0.1, 0.15) is 0 Å². The van der Waals surface area contributed by atoms with Crippen LogP contribution in [-0.2, 0) is 4.79 Å². The molecule has 1 aliphatic heterocycles. The molecule has 0 radical (unpaired) electrons. The number of carbonyl (C=O) groups excluding carboxylic acids is 1. The van der Waals surface area contributed by atoms with Gasteiger partial charge in [-0.3, -0.25) is 10.1 Å². The minimum atomic E-state index is 0.0500. The number of hydrogen-bond acceptors (Lipinski definition) is 3. The van der Waals surface area contributed by atoms with Crippen LogP contribution in [-0.4, -0.2) is 41.1 Å². The largest absolute Gasteiger partial charge is 0.339 e. The Kier molecular flexibility index (Phi) is 6.21. The molecule has 0 spiro atoms. The van der Waals surface area contributed by atoms with Gasteiger partial charge in [0.05, 0.1) is 6.04 Å². The number of hydrogen-bond donors (Lipinski definition) is 1. The molecule has 0 bridgehead atoms. The van der Waals surface area contributed by atoms with Gasteiger partial charge in [-0.15, -0.1) is 11.8 Å². The van der Waals surface area contributed by atoms with Crippen LogP contribution in [0.1, 0.15) is 40.0 Å². The zero-order chi connectivity index (χ0) is 12.0. The third-order valence-corrected chi connectivity index (χ3v) is 3.86. The van der Waals surface area contributed by atoms with Crippen molar-refractivity contribution in [2.24, 2.45) is 0 Å². The Balaban J connectivity index is 2.44. The second kappa shape index (κ2) is 7.17. The summed E-state index contributed by atoms with van der Waals surface area (Å²) in [5, 5.41) is 3.25. The minimum Gasteiger partial charge on any atom is -0.339 e. The smallest absolute Gasteiger partial charge is 0.240 e. The molecule has 1 unspecified atom stereocenters. The molecule has 1 aliphatic rings. The SMILES string of the molecule is CCCCCN(C(=O)C1CSCN1)C(C)C. The fourth-order valence-electron chi connectivity index (χ4n) is 1.91. The van der Waals surface area contributed by atoms with E-state index in [9.17, 15) is 4.79 Å². The van der Waals surface area contributed by atoms with E-state index in [0.717, 1.165) is 24.6 Å². The summed E-state index contributed by atoms with van der Waals surface area (Å²) < 4.78 is 0. The number of unbranched alkanes of at least 4 members (excludes halogenated alkanes) is 2. The Hall–Kier alpha value is -0.220. The van der Waals surface area contributed by atoms with E-state index in [1.165, 1.54) is 12.8 Å².